The molecule has 0 spiro atoms. The van der Waals surface area contributed by atoms with Gasteiger partial charge in [0, 0.05) is 0 Å². The van der Waals surface area contributed by atoms with Gasteiger partial charge in [0.2, 0.25) is 5.13 Å². The number of hydrazone groups is 1. The van der Waals surface area contributed by atoms with E-state index in [1.54, 1.807) is 6.21 Å². The van der Waals surface area contributed by atoms with E-state index < -0.39 is 0 Å². The topological polar surface area (TPSA) is 93.3 Å². The summed E-state index contributed by atoms with van der Waals surface area (Å²) in [6, 6.07) is 8.01. The van der Waals surface area contributed by atoms with Crippen LogP contribution in [0.3, 0.4) is 0 Å². The number of thioether (sulfide) groups is 1. The monoisotopic (exact) mass is 321 g/mol. The van der Waals surface area contributed by atoms with E-state index in [9.17, 15) is 4.79 Å². The first kappa shape index (κ1) is 15.5. The Morgan fingerprint density at radius 1 is 1.43 bits per heavy atom. The Morgan fingerprint density at radius 2 is 2.19 bits per heavy atom. The average Bonchev–Trinajstić information content (AvgIpc) is 2.91. The van der Waals surface area contributed by atoms with Crippen LogP contribution in [0.4, 0.5) is 5.13 Å². The summed E-state index contributed by atoms with van der Waals surface area (Å²) >= 11 is 2.53. The molecule has 0 radical (unpaired) electrons. The van der Waals surface area contributed by atoms with Gasteiger partial charge in [-0.05, 0) is 17.5 Å². The van der Waals surface area contributed by atoms with Crippen LogP contribution in [0, 0.1) is 0 Å². The summed E-state index contributed by atoms with van der Waals surface area (Å²) in [6.45, 7) is 2.10. The summed E-state index contributed by atoms with van der Waals surface area (Å²) in [4.78, 5) is 11.6. The van der Waals surface area contributed by atoms with Crippen LogP contribution in [0.2, 0.25) is 0 Å². The Bertz CT molecular complexity index is 624. The highest BCUT2D eigenvalue weighted by Crippen LogP contribution is 2.22. The van der Waals surface area contributed by atoms with Gasteiger partial charge in [0.15, 0.2) is 4.34 Å². The number of benzene rings is 1. The van der Waals surface area contributed by atoms with Gasteiger partial charge in [-0.3, -0.25) is 4.79 Å². The Morgan fingerprint density at radius 3 is 2.81 bits per heavy atom. The number of nitrogens with two attached hydrogens (primary N) is 1. The predicted molar refractivity (Wildman–Crippen MR) is 86.6 cm³/mol. The maximum atomic E-state index is 11.6. The zero-order valence-corrected chi connectivity index (χ0v) is 13.1. The Kier molecular flexibility index (Phi) is 5.70. The van der Waals surface area contributed by atoms with Crippen molar-refractivity contribution in [3.63, 3.8) is 0 Å². The summed E-state index contributed by atoms with van der Waals surface area (Å²) in [5, 5.41) is 11.8. The molecule has 0 atom stereocenters. The standard InChI is InChI=1S/C13H15N5OS2/c1-2-9-3-5-10(6-4-9)7-15-16-11(19)8-20-13-18-17-12(14)21-13/h3-7H,2,8H2,1H3,(H2,14,17)(H,16,19). The molecule has 6 nitrogen and oxygen atoms in total. The third-order valence-electron chi connectivity index (χ3n) is 2.54. The summed E-state index contributed by atoms with van der Waals surface area (Å²) in [7, 11) is 0. The fraction of sp³-hybridized carbons (Fsp3) is 0.231. The number of aryl methyl sites for hydroxylation is 1. The predicted octanol–water partition coefficient (Wildman–Crippen LogP) is 1.93. The third-order valence-corrected chi connectivity index (χ3v) is 4.43. The third kappa shape index (κ3) is 5.16. The molecular weight excluding hydrogens is 306 g/mol. The molecule has 1 aromatic carbocycles. The molecule has 110 valence electrons. The van der Waals surface area contributed by atoms with E-state index in [1.165, 1.54) is 28.7 Å². The fourth-order valence-corrected chi connectivity index (χ4v) is 2.88. The highest BCUT2D eigenvalue weighted by Gasteiger charge is 2.05. The number of aromatic nitrogens is 2. The van der Waals surface area contributed by atoms with Crippen LogP contribution in [0.1, 0.15) is 18.1 Å². The van der Waals surface area contributed by atoms with Crippen molar-refractivity contribution in [3.05, 3.63) is 35.4 Å². The molecule has 21 heavy (non-hydrogen) atoms. The second-order valence-electron chi connectivity index (χ2n) is 4.08. The van der Waals surface area contributed by atoms with Gasteiger partial charge < -0.3 is 5.73 Å². The Labute approximate surface area is 130 Å². The first-order valence-electron chi connectivity index (χ1n) is 6.30. The molecule has 1 aromatic heterocycles. The van der Waals surface area contributed by atoms with Gasteiger partial charge in [-0.15, -0.1) is 10.2 Å². The van der Waals surface area contributed by atoms with Crippen molar-refractivity contribution in [2.45, 2.75) is 17.7 Å². The molecule has 0 aliphatic rings. The largest absolute Gasteiger partial charge is 0.374 e. The lowest BCUT2D eigenvalue weighted by atomic mass is 10.1. The molecule has 0 saturated carbocycles. The van der Waals surface area contributed by atoms with E-state index in [0.717, 1.165) is 12.0 Å². The van der Waals surface area contributed by atoms with E-state index >= 15 is 0 Å². The zero-order valence-electron chi connectivity index (χ0n) is 11.4. The van der Waals surface area contributed by atoms with Crippen molar-refractivity contribution >= 4 is 40.4 Å². The zero-order chi connectivity index (χ0) is 15.1. The quantitative estimate of drug-likeness (QED) is 0.482. The Balaban J connectivity index is 1.76. The van der Waals surface area contributed by atoms with Gasteiger partial charge in [0.1, 0.15) is 0 Å². The van der Waals surface area contributed by atoms with Crippen LogP contribution in [0.5, 0.6) is 0 Å². The molecule has 0 aliphatic carbocycles. The van der Waals surface area contributed by atoms with Crippen molar-refractivity contribution in [1.82, 2.24) is 15.6 Å². The molecule has 0 saturated heterocycles. The number of hydrogen-bond donors (Lipinski definition) is 2. The molecule has 0 unspecified atom stereocenters. The van der Waals surface area contributed by atoms with Crippen LogP contribution in [-0.4, -0.2) is 28.1 Å². The van der Waals surface area contributed by atoms with Gasteiger partial charge in [0.25, 0.3) is 5.91 Å². The number of carbonyl (C=O) groups excluding carboxylic acids is 1. The van der Waals surface area contributed by atoms with Crippen LogP contribution < -0.4 is 11.2 Å². The van der Waals surface area contributed by atoms with Crippen molar-refractivity contribution < 1.29 is 4.79 Å². The highest BCUT2D eigenvalue weighted by atomic mass is 32.2. The van der Waals surface area contributed by atoms with Crippen LogP contribution in [0.15, 0.2) is 33.7 Å². The minimum Gasteiger partial charge on any atom is -0.374 e. The van der Waals surface area contributed by atoms with Gasteiger partial charge in [-0.1, -0.05) is 54.3 Å². The van der Waals surface area contributed by atoms with Gasteiger partial charge in [-0.25, -0.2) is 5.43 Å². The molecule has 0 bridgehead atoms. The first-order chi connectivity index (χ1) is 10.2. The van der Waals surface area contributed by atoms with Crippen molar-refractivity contribution in [3.8, 4) is 0 Å². The second-order valence-corrected chi connectivity index (χ2v) is 6.31. The molecule has 3 N–H and O–H groups in total. The number of carbonyl (C=O) groups is 1. The maximum Gasteiger partial charge on any atom is 0.250 e. The molecule has 0 fully saturated rings. The minimum absolute atomic E-state index is 0.199. The second kappa shape index (κ2) is 7.75. The smallest absolute Gasteiger partial charge is 0.250 e. The Hall–Kier alpha value is -1.93. The van der Waals surface area contributed by atoms with Crippen LogP contribution in [0.25, 0.3) is 0 Å². The number of hydrogen-bond acceptors (Lipinski definition) is 7. The number of amides is 1. The number of nitrogens with one attached hydrogen (secondary N) is 1. The normalized spacial score (nSPS) is 10.9. The van der Waals surface area contributed by atoms with Crippen molar-refractivity contribution in [2.75, 3.05) is 11.5 Å². The summed E-state index contributed by atoms with van der Waals surface area (Å²) in [6.07, 6.45) is 2.62. The van der Waals surface area contributed by atoms with E-state index in [1.807, 2.05) is 24.3 Å². The lowest BCUT2D eigenvalue weighted by Crippen LogP contribution is -2.19. The lowest BCUT2D eigenvalue weighted by Gasteiger charge is -1.98. The summed E-state index contributed by atoms with van der Waals surface area (Å²) in [5.74, 6) is 0.0241. The number of rotatable bonds is 6. The molecule has 2 aromatic rings. The lowest BCUT2D eigenvalue weighted by molar-refractivity contribution is -0.118. The van der Waals surface area contributed by atoms with E-state index in [2.05, 4.69) is 27.6 Å². The summed E-state index contributed by atoms with van der Waals surface area (Å²) < 4.78 is 0.668. The fourth-order valence-electron chi connectivity index (χ4n) is 1.46. The van der Waals surface area contributed by atoms with Crippen molar-refractivity contribution in [1.29, 1.82) is 0 Å². The number of nitrogens with zero attached hydrogens (tertiary/aromatic N) is 3. The summed E-state index contributed by atoms with van der Waals surface area (Å²) in [5.41, 5.74) is 10.1. The molecule has 1 heterocycles. The van der Waals surface area contributed by atoms with E-state index in [-0.39, 0.29) is 11.7 Å². The van der Waals surface area contributed by atoms with Gasteiger partial charge >= 0.3 is 0 Å². The molecule has 1 amide bonds. The van der Waals surface area contributed by atoms with Crippen molar-refractivity contribution in [2.24, 2.45) is 5.10 Å². The molecule has 2 rings (SSSR count). The maximum absolute atomic E-state index is 11.6. The first-order valence-corrected chi connectivity index (χ1v) is 8.10. The van der Waals surface area contributed by atoms with Crippen LogP contribution in [-0.2, 0) is 11.2 Å². The molecule has 8 heteroatoms. The number of anilines is 1. The van der Waals surface area contributed by atoms with Gasteiger partial charge in [-0.2, -0.15) is 5.10 Å². The molecule has 0 aliphatic heterocycles. The molecular formula is C13H15N5OS2. The van der Waals surface area contributed by atoms with Crippen LogP contribution >= 0.6 is 23.1 Å². The van der Waals surface area contributed by atoms with E-state index in [4.69, 9.17) is 5.73 Å². The number of nitrogen functional groups attached to an aromatic ring is 1. The highest BCUT2D eigenvalue weighted by molar-refractivity contribution is 8.01. The average molecular weight is 321 g/mol. The minimum atomic E-state index is -0.199. The SMILES string of the molecule is CCc1ccc(C=NNC(=O)CSc2nnc(N)s2)cc1. The van der Waals surface area contributed by atoms with Gasteiger partial charge in [0.05, 0.1) is 12.0 Å². The van der Waals surface area contributed by atoms with E-state index in [0.29, 0.717) is 9.47 Å².